The highest BCUT2D eigenvalue weighted by molar-refractivity contribution is 5.71. The van der Waals surface area contributed by atoms with Crippen molar-refractivity contribution in [2.75, 3.05) is 40.1 Å². The standard InChI is InChI=1S/C38H58O7/c1-27(10-15-35(39)44-25-28-8-6-5-7-9-28)32-13-14-33-31-12-11-29-24-30(45-36(40)26-43-23-22-42-21-20-41-4)16-18-37(29,2)34(31)17-19-38(32,33)3/h5-9,27,29-34H,10-26H2,1-4H3/t27-,29-,30+,31+,32-,33+,34+,37+,38-/m1/s1. The molecule has 1 aromatic carbocycles. The largest absolute Gasteiger partial charge is 0.461 e. The van der Waals surface area contributed by atoms with Crippen LogP contribution >= 0.6 is 0 Å². The molecule has 0 spiro atoms. The predicted octanol–water partition coefficient (Wildman–Crippen LogP) is 7.40. The monoisotopic (exact) mass is 626 g/mol. The molecule has 45 heavy (non-hydrogen) atoms. The quantitative estimate of drug-likeness (QED) is 0.148. The Hall–Kier alpha value is -1.96. The van der Waals surface area contributed by atoms with Gasteiger partial charge >= 0.3 is 11.9 Å². The molecule has 7 nitrogen and oxygen atoms in total. The molecule has 0 heterocycles. The number of hydrogen-bond acceptors (Lipinski definition) is 7. The number of benzene rings is 1. The minimum atomic E-state index is -0.252. The van der Waals surface area contributed by atoms with Crippen molar-refractivity contribution < 1.29 is 33.3 Å². The molecule has 5 rings (SSSR count). The Morgan fingerprint density at radius 1 is 0.844 bits per heavy atom. The maximum Gasteiger partial charge on any atom is 0.332 e. The van der Waals surface area contributed by atoms with Crippen molar-refractivity contribution in [2.45, 2.75) is 104 Å². The van der Waals surface area contributed by atoms with Crippen LogP contribution in [-0.4, -0.2) is 58.2 Å². The Balaban J connectivity index is 1.07. The van der Waals surface area contributed by atoms with Crippen LogP contribution in [0.15, 0.2) is 30.3 Å². The molecule has 7 heteroatoms. The SMILES string of the molecule is COCCOCCOCC(=O)O[C@H]1CC[C@@]2(C)[C@H](CC[C@@H]3[C@@H]2CC[C@]2(C)[C@@H]([C@H](C)CCC(=O)OCc4ccccc4)CC[C@@H]32)C1. The molecular weight excluding hydrogens is 568 g/mol. The summed E-state index contributed by atoms with van der Waals surface area (Å²) in [5.41, 5.74) is 1.76. The number of fused-ring (bicyclic) bond motifs is 5. The van der Waals surface area contributed by atoms with Crippen molar-refractivity contribution in [3.8, 4) is 0 Å². The molecule has 1 aromatic rings. The zero-order valence-corrected chi connectivity index (χ0v) is 28.3. The van der Waals surface area contributed by atoms with Gasteiger partial charge in [-0.05, 0) is 116 Å². The number of carbonyl (C=O) groups excluding carboxylic acids is 2. The van der Waals surface area contributed by atoms with Crippen LogP contribution < -0.4 is 0 Å². The fourth-order valence-electron chi connectivity index (χ4n) is 10.4. The smallest absolute Gasteiger partial charge is 0.332 e. The summed E-state index contributed by atoms with van der Waals surface area (Å²) in [6.45, 7) is 9.82. The number of esters is 2. The van der Waals surface area contributed by atoms with Crippen LogP contribution in [0.1, 0.15) is 97.0 Å². The van der Waals surface area contributed by atoms with E-state index >= 15 is 0 Å². The van der Waals surface area contributed by atoms with E-state index in [0.717, 1.165) is 49.0 Å². The molecule has 0 amide bonds. The van der Waals surface area contributed by atoms with Crippen molar-refractivity contribution in [2.24, 2.45) is 46.3 Å². The minimum absolute atomic E-state index is 0.00844. The molecule has 4 fully saturated rings. The lowest BCUT2D eigenvalue weighted by Gasteiger charge is -2.61. The van der Waals surface area contributed by atoms with Crippen molar-refractivity contribution in [1.82, 2.24) is 0 Å². The topological polar surface area (TPSA) is 80.3 Å². The number of rotatable bonds is 15. The van der Waals surface area contributed by atoms with Crippen LogP contribution in [0.5, 0.6) is 0 Å². The molecule has 0 radical (unpaired) electrons. The van der Waals surface area contributed by atoms with E-state index in [1.165, 1.54) is 38.5 Å². The number of hydrogen-bond donors (Lipinski definition) is 0. The van der Waals surface area contributed by atoms with Gasteiger partial charge in [0.05, 0.1) is 26.4 Å². The molecular formula is C38H58O7. The Morgan fingerprint density at radius 2 is 1.58 bits per heavy atom. The number of ether oxygens (including phenoxy) is 5. The van der Waals surface area contributed by atoms with Gasteiger partial charge in [-0.1, -0.05) is 51.1 Å². The highest BCUT2D eigenvalue weighted by Gasteiger charge is 2.60. The van der Waals surface area contributed by atoms with E-state index in [9.17, 15) is 9.59 Å². The van der Waals surface area contributed by atoms with Crippen molar-refractivity contribution in [3.05, 3.63) is 35.9 Å². The second-order valence-electron chi connectivity index (χ2n) is 15.1. The first kappa shape index (κ1) is 34.4. The lowest BCUT2D eigenvalue weighted by molar-refractivity contribution is -0.167. The second kappa shape index (κ2) is 15.8. The Bertz CT molecular complexity index is 1090. The summed E-state index contributed by atoms with van der Waals surface area (Å²) in [5.74, 6) is 3.89. The van der Waals surface area contributed by atoms with Crippen LogP contribution in [0, 0.1) is 46.3 Å². The fraction of sp³-hybridized carbons (Fsp3) is 0.789. The van der Waals surface area contributed by atoms with Gasteiger partial charge in [-0.3, -0.25) is 4.79 Å². The van der Waals surface area contributed by atoms with Gasteiger partial charge in [0, 0.05) is 13.5 Å². The Labute approximate surface area is 271 Å². The van der Waals surface area contributed by atoms with Crippen LogP contribution in [-0.2, 0) is 39.9 Å². The van der Waals surface area contributed by atoms with Gasteiger partial charge < -0.3 is 23.7 Å². The van der Waals surface area contributed by atoms with Gasteiger partial charge in [-0.2, -0.15) is 0 Å². The summed E-state index contributed by atoms with van der Waals surface area (Å²) in [6.07, 6.45) is 12.4. The molecule has 0 saturated heterocycles. The predicted molar refractivity (Wildman–Crippen MR) is 173 cm³/mol. The molecule has 4 aliphatic carbocycles. The molecule has 0 aromatic heterocycles. The number of carbonyl (C=O) groups is 2. The van der Waals surface area contributed by atoms with E-state index in [1.807, 2.05) is 30.3 Å². The third kappa shape index (κ3) is 8.13. The zero-order valence-electron chi connectivity index (χ0n) is 28.3. The molecule has 4 aliphatic rings. The summed E-state index contributed by atoms with van der Waals surface area (Å²) >= 11 is 0. The summed E-state index contributed by atoms with van der Waals surface area (Å²) in [4.78, 5) is 25.1. The first-order valence-corrected chi connectivity index (χ1v) is 17.8. The van der Waals surface area contributed by atoms with Crippen LogP contribution in [0.25, 0.3) is 0 Å². The molecule has 0 unspecified atom stereocenters. The van der Waals surface area contributed by atoms with E-state index in [4.69, 9.17) is 23.7 Å². The van der Waals surface area contributed by atoms with Crippen LogP contribution in [0.3, 0.4) is 0 Å². The average molecular weight is 627 g/mol. The van der Waals surface area contributed by atoms with Gasteiger partial charge in [0.25, 0.3) is 0 Å². The van der Waals surface area contributed by atoms with Crippen molar-refractivity contribution in [1.29, 1.82) is 0 Å². The summed E-state index contributed by atoms with van der Waals surface area (Å²) in [5, 5.41) is 0. The minimum Gasteiger partial charge on any atom is -0.461 e. The second-order valence-corrected chi connectivity index (χ2v) is 15.1. The third-order valence-corrected chi connectivity index (χ3v) is 12.7. The van der Waals surface area contributed by atoms with Crippen molar-refractivity contribution in [3.63, 3.8) is 0 Å². The van der Waals surface area contributed by atoms with E-state index < -0.39 is 0 Å². The van der Waals surface area contributed by atoms with Gasteiger partial charge in [0.15, 0.2) is 0 Å². The zero-order chi connectivity index (χ0) is 31.9. The summed E-state index contributed by atoms with van der Waals surface area (Å²) in [6, 6.07) is 9.95. The molecule has 252 valence electrons. The van der Waals surface area contributed by atoms with Gasteiger partial charge in [-0.25, -0.2) is 4.79 Å². The lowest BCUT2D eigenvalue weighted by Crippen LogP contribution is -2.54. The summed E-state index contributed by atoms with van der Waals surface area (Å²) < 4.78 is 27.3. The fourth-order valence-corrected chi connectivity index (χ4v) is 10.4. The first-order valence-electron chi connectivity index (χ1n) is 17.8. The van der Waals surface area contributed by atoms with E-state index in [2.05, 4.69) is 20.8 Å². The summed E-state index contributed by atoms with van der Waals surface area (Å²) in [7, 11) is 1.64. The van der Waals surface area contributed by atoms with E-state index in [0.29, 0.717) is 68.0 Å². The number of methoxy groups -OCH3 is 1. The molecule has 9 atom stereocenters. The van der Waals surface area contributed by atoms with Gasteiger partial charge in [0.2, 0.25) is 0 Å². The highest BCUT2D eigenvalue weighted by atomic mass is 16.6. The van der Waals surface area contributed by atoms with E-state index in [-0.39, 0.29) is 24.6 Å². The Morgan fingerprint density at radius 3 is 2.38 bits per heavy atom. The van der Waals surface area contributed by atoms with Crippen LogP contribution in [0.2, 0.25) is 0 Å². The lowest BCUT2D eigenvalue weighted by atomic mass is 9.44. The maximum absolute atomic E-state index is 12.6. The normalized spacial score (nSPS) is 34.7. The van der Waals surface area contributed by atoms with Gasteiger partial charge in [0.1, 0.15) is 19.3 Å². The molecule has 0 bridgehead atoms. The molecule has 0 aliphatic heterocycles. The van der Waals surface area contributed by atoms with E-state index in [1.54, 1.807) is 7.11 Å². The molecule has 4 saturated carbocycles. The Kier molecular flexibility index (Phi) is 12.0. The maximum atomic E-state index is 12.6. The van der Waals surface area contributed by atoms with Crippen LogP contribution in [0.4, 0.5) is 0 Å². The van der Waals surface area contributed by atoms with Gasteiger partial charge in [-0.15, -0.1) is 0 Å². The highest BCUT2D eigenvalue weighted by Crippen LogP contribution is 2.68. The average Bonchev–Trinajstić information content (AvgIpc) is 3.40. The first-order chi connectivity index (χ1) is 21.7. The van der Waals surface area contributed by atoms with Crippen molar-refractivity contribution >= 4 is 11.9 Å². The molecule has 0 N–H and O–H groups in total. The third-order valence-electron chi connectivity index (χ3n) is 12.7.